The summed E-state index contributed by atoms with van der Waals surface area (Å²) in [7, 11) is 0. The number of benzene rings is 1. The minimum atomic E-state index is -0.622. The van der Waals surface area contributed by atoms with E-state index in [0.29, 0.717) is 12.1 Å². The summed E-state index contributed by atoms with van der Waals surface area (Å²) in [5, 5.41) is 23.0. The molecular weight excluding hydrogens is 248 g/mol. The molecule has 3 nitrogen and oxygen atoms in total. The smallest absolute Gasteiger partial charge is 0.101 e. The van der Waals surface area contributed by atoms with Crippen molar-refractivity contribution in [1.82, 2.24) is 0 Å². The van der Waals surface area contributed by atoms with Crippen molar-refractivity contribution >= 4 is 5.69 Å². The third kappa shape index (κ3) is 3.52. The molecule has 20 heavy (non-hydrogen) atoms. The fourth-order valence-corrected chi connectivity index (χ4v) is 2.96. The Morgan fingerprint density at radius 2 is 2.10 bits per heavy atom. The summed E-state index contributed by atoms with van der Waals surface area (Å²) >= 11 is 0. The molecule has 0 atom stereocenters. The van der Waals surface area contributed by atoms with E-state index in [4.69, 9.17) is 5.26 Å². The SMILES string of the molecule is CCC1CCC(O)(CNc2ccc(C)cc2C#N)CC1. The van der Waals surface area contributed by atoms with Gasteiger partial charge in [0.1, 0.15) is 6.07 Å². The molecule has 1 aromatic rings. The highest BCUT2D eigenvalue weighted by Gasteiger charge is 2.32. The van der Waals surface area contributed by atoms with Crippen LogP contribution in [0.25, 0.3) is 0 Å². The van der Waals surface area contributed by atoms with Crippen molar-refractivity contribution in [3.63, 3.8) is 0 Å². The van der Waals surface area contributed by atoms with E-state index in [2.05, 4.69) is 18.3 Å². The standard InChI is InChI=1S/C17H24N2O/c1-3-14-6-8-17(20,9-7-14)12-19-16-5-4-13(2)10-15(16)11-18/h4-5,10,14,19-20H,3,6-9,12H2,1-2H3. The first-order valence-electron chi connectivity index (χ1n) is 7.53. The van der Waals surface area contributed by atoms with Crippen molar-refractivity contribution in [2.45, 2.75) is 51.6 Å². The van der Waals surface area contributed by atoms with Gasteiger partial charge in [0.15, 0.2) is 0 Å². The Balaban J connectivity index is 1.97. The predicted molar refractivity (Wildman–Crippen MR) is 81.6 cm³/mol. The number of nitrogens with zero attached hydrogens (tertiary/aromatic N) is 1. The molecule has 1 aromatic carbocycles. The average molecular weight is 272 g/mol. The lowest BCUT2D eigenvalue weighted by Gasteiger charge is -2.36. The van der Waals surface area contributed by atoms with Gasteiger partial charge in [0, 0.05) is 6.54 Å². The van der Waals surface area contributed by atoms with E-state index in [1.165, 1.54) is 6.42 Å². The highest BCUT2D eigenvalue weighted by atomic mass is 16.3. The largest absolute Gasteiger partial charge is 0.388 e. The maximum Gasteiger partial charge on any atom is 0.101 e. The fraction of sp³-hybridized carbons (Fsp3) is 0.588. The molecule has 1 saturated carbocycles. The van der Waals surface area contributed by atoms with E-state index in [-0.39, 0.29) is 0 Å². The topological polar surface area (TPSA) is 56.0 Å². The second-order valence-corrected chi connectivity index (χ2v) is 6.09. The van der Waals surface area contributed by atoms with Crippen molar-refractivity contribution in [2.75, 3.05) is 11.9 Å². The zero-order valence-corrected chi connectivity index (χ0v) is 12.4. The number of aliphatic hydroxyl groups is 1. The Morgan fingerprint density at radius 1 is 1.40 bits per heavy atom. The van der Waals surface area contributed by atoms with Gasteiger partial charge in [0.2, 0.25) is 0 Å². The zero-order valence-electron chi connectivity index (χ0n) is 12.4. The highest BCUT2D eigenvalue weighted by Crippen LogP contribution is 2.34. The first-order chi connectivity index (χ1) is 9.56. The van der Waals surface area contributed by atoms with Crippen LogP contribution in [-0.4, -0.2) is 17.3 Å². The molecule has 1 aliphatic carbocycles. The van der Waals surface area contributed by atoms with Gasteiger partial charge in [-0.05, 0) is 56.2 Å². The Hall–Kier alpha value is -1.53. The minimum Gasteiger partial charge on any atom is -0.388 e. The molecule has 3 heteroatoms. The quantitative estimate of drug-likeness (QED) is 0.880. The van der Waals surface area contributed by atoms with Gasteiger partial charge in [-0.3, -0.25) is 0 Å². The van der Waals surface area contributed by atoms with Gasteiger partial charge in [0.05, 0.1) is 16.9 Å². The molecule has 0 radical (unpaired) electrons. The number of nitriles is 1. The number of nitrogens with one attached hydrogen (secondary N) is 1. The van der Waals surface area contributed by atoms with Crippen LogP contribution in [0.5, 0.6) is 0 Å². The molecule has 1 aliphatic rings. The van der Waals surface area contributed by atoms with Crippen molar-refractivity contribution in [3.05, 3.63) is 29.3 Å². The monoisotopic (exact) mass is 272 g/mol. The molecule has 0 bridgehead atoms. The number of rotatable bonds is 4. The lowest BCUT2D eigenvalue weighted by atomic mass is 9.78. The summed E-state index contributed by atoms with van der Waals surface area (Å²) in [6.07, 6.45) is 5.12. The maximum absolute atomic E-state index is 10.6. The molecule has 0 saturated heterocycles. The van der Waals surface area contributed by atoms with Crippen molar-refractivity contribution in [2.24, 2.45) is 5.92 Å². The first kappa shape index (κ1) is 14.9. The van der Waals surface area contributed by atoms with Crippen molar-refractivity contribution in [3.8, 4) is 6.07 Å². The minimum absolute atomic E-state index is 0.529. The Labute approximate surface area is 121 Å². The summed E-state index contributed by atoms with van der Waals surface area (Å²) in [6, 6.07) is 8.00. The Kier molecular flexibility index (Phi) is 4.67. The summed E-state index contributed by atoms with van der Waals surface area (Å²) < 4.78 is 0. The third-order valence-electron chi connectivity index (χ3n) is 4.52. The number of anilines is 1. The van der Waals surface area contributed by atoms with E-state index >= 15 is 0 Å². The van der Waals surface area contributed by atoms with E-state index < -0.39 is 5.60 Å². The van der Waals surface area contributed by atoms with Crippen LogP contribution < -0.4 is 5.32 Å². The van der Waals surface area contributed by atoms with Crippen LogP contribution in [0, 0.1) is 24.2 Å². The first-order valence-corrected chi connectivity index (χ1v) is 7.53. The normalized spacial score (nSPS) is 26.0. The number of hydrogen-bond donors (Lipinski definition) is 2. The summed E-state index contributed by atoms with van der Waals surface area (Å²) in [5.41, 5.74) is 1.93. The molecule has 0 spiro atoms. The number of hydrogen-bond acceptors (Lipinski definition) is 3. The highest BCUT2D eigenvalue weighted by molar-refractivity contribution is 5.58. The van der Waals surface area contributed by atoms with Crippen LogP contribution in [0.2, 0.25) is 0 Å². The second kappa shape index (κ2) is 6.28. The molecule has 0 heterocycles. The van der Waals surface area contributed by atoms with Crippen LogP contribution in [0.1, 0.15) is 50.2 Å². The molecule has 0 amide bonds. The Bertz CT molecular complexity index is 496. The van der Waals surface area contributed by atoms with Crippen molar-refractivity contribution in [1.29, 1.82) is 5.26 Å². The van der Waals surface area contributed by atoms with Gasteiger partial charge in [-0.15, -0.1) is 0 Å². The summed E-state index contributed by atoms with van der Waals surface area (Å²) in [4.78, 5) is 0. The van der Waals surface area contributed by atoms with Crippen LogP contribution in [0.4, 0.5) is 5.69 Å². The van der Waals surface area contributed by atoms with Crippen molar-refractivity contribution < 1.29 is 5.11 Å². The van der Waals surface area contributed by atoms with Gasteiger partial charge in [-0.2, -0.15) is 5.26 Å². The lowest BCUT2D eigenvalue weighted by Crippen LogP contribution is -2.40. The second-order valence-electron chi connectivity index (χ2n) is 6.09. The molecule has 0 unspecified atom stereocenters. The molecule has 108 valence electrons. The van der Waals surface area contributed by atoms with Gasteiger partial charge in [-0.25, -0.2) is 0 Å². The van der Waals surface area contributed by atoms with E-state index in [9.17, 15) is 5.11 Å². The van der Waals surface area contributed by atoms with E-state index in [0.717, 1.165) is 42.9 Å². The fourth-order valence-electron chi connectivity index (χ4n) is 2.96. The lowest BCUT2D eigenvalue weighted by molar-refractivity contribution is 0.00229. The molecule has 2 N–H and O–H groups in total. The third-order valence-corrected chi connectivity index (χ3v) is 4.52. The molecule has 1 fully saturated rings. The maximum atomic E-state index is 10.6. The van der Waals surface area contributed by atoms with Gasteiger partial charge < -0.3 is 10.4 Å². The van der Waals surface area contributed by atoms with Gasteiger partial charge in [-0.1, -0.05) is 19.4 Å². The zero-order chi connectivity index (χ0) is 14.6. The number of aryl methyl sites for hydroxylation is 1. The van der Waals surface area contributed by atoms with Crippen LogP contribution in [0.15, 0.2) is 18.2 Å². The van der Waals surface area contributed by atoms with E-state index in [1.807, 2.05) is 25.1 Å². The molecule has 0 aliphatic heterocycles. The average Bonchev–Trinajstić information content (AvgIpc) is 2.46. The van der Waals surface area contributed by atoms with Crippen LogP contribution in [-0.2, 0) is 0 Å². The van der Waals surface area contributed by atoms with Gasteiger partial charge in [0.25, 0.3) is 0 Å². The van der Waals surface area contributed by atoms with Gasteiger partial charge >= 0.3 is 0 Å². The van der Waals surface area contributed by atoms with E-state index in [1.54, 1.807) is 0 Å². The summed E-state index contributed by atoms with van der Waals surface area (Å²) in [5.74, 6) is 0.768. The Morgan fingerprint density at radius 3 is 2.70 bits per heavy atom. The molecular formula is C17H24N2O. The van der Waals surface area contributed by atoms with Crippen LogP contribution in [0.3, 0.4) is 0 Å². The summed E-state index contributed by atoms with van der Waals surface area (Å²) in [6.45, 7) is 4.73. The van der Waals surface area contributed by atoms with Crippen LogP contribution >= 0.6 is 0 Å². The predicted octanol–water partition coefficient (Wildman–Crippen LogP) is 3.61. The molecule has 0 aromatic heterocycles. The molecule has 2 rings (SSSR count).